The molecule has 3 aromatic carbocycles. The van der Waals surface area contributed by atoms with Gasteiger partial charge in [0, 0.05) is 21.3 Å². The highest BCUT2D eigenvalue weighted by molar-refractivity contribution is 7.92. The first-order valence-corrected chi connectivity index (χ1v) is 10.5. The second-order valence-corrected chi connectivity index (χ2v) is 8.44. The summed E-state index contributed by atoms with van der Waals surface area (Å²) in [6.07, 6.45) is 1.49. The lowest BCUT2D eigenvalue weighted by molar-refractivity contribution is 0.0955. The number of amides is 1. The van der Waals surface area contributed by atoms with Gasteiger partial charge in [-0.2, -0.15) is 5.10 Å². The van der Waals surface area contributed by atoms with Crippen LogP contribution in [-0.4, -0.2) is 20.5 Å². The molecule has 0 spiro atoms. The van der Waals surface area contributed by atoms with Crippen molar-refractivity contribution in [3.63, 3.8) is 0 Å². The number of carbonyl (C=O) groups excluding carboxylic acids is 1. The predicted octanol–water partition coefficient (Wildman–Crippen LogP) is 4.56. The number of halogens is 2. The Hall–Kier alpha value is -2.87. The second-order valence-electron chi connectivity index (χ2n) is 5.89. The van der Waals surface area contributed by atoms with Crippen LogP contribution >= 0.6 is 23.2 Å². The third kappa shape index (κ3) is 5.80. The Morgan fingerprint density at radius 1 is 0.828 bits per heavy atom. The summed E-state index contributed by atoms with van der Waals surface area (Å²) in [7, 11) is -3.75. The normalized spacial score (nSPS) is 11.4. The quantitative estimate of drug-likeness (QED) is 0.428. The number of hydrogen-bond donors (Lipinski definition) is 2. The van der Waals surface area contributed by atoms with E-state index in [0.717, 1.165) is 5.56 Å². The van der Waals surface area contributed by atoms with Crippen LogP contribution in [0.5, 0.6) is 0 Å². The molecule has 29 heavy (non-hydrogen) atoms. The number of sulfonamides is 1. The summed E-state index contributed by atoms with van der Waals surface area (Å²) >= 11 is 11.6. The zero-order chi connectivity index (χ0) is 20.9. The second kappa shape index (κ2) is 9.09. The van der Waals surface area contributed by atoms with Gasteiger partial charge in [-0.25, -0.2) is 13.8 Å². The molecule has 3 aromatic rings. The van der Waals surface area contributed by atoms with Gasteiger partial charge in [-0.3, -0.25) is 9.52 Å². The molecule has 2 N–H and O–H groups in total. The van der Waals surface area contributed by atoms with E-state index < -0.39 is 15.9 Å². The van der Waals surface area contributed by atoms with Crippen molar-refractivity contribution >= 4 is 51.0 Å². The Kier molecular flexibility index (Phi) is 6.53. The van der Waals surface area contributed by atoms with Crippen LogP contribution in [0, 0.1) is 0 Å². The first-order valence-electron chi connectivity index (χ1n) is 8.31. The maximum Gasteiger partial charge on any atom is 0.271 e. The molecular formula is C20H15Cl2N3O3S. The van der Waals surface area contributed by atoms with Gasteiger partial charge in [0.25, 0.3) is 15.9 Å². The molecule has 0 fully saturated rings. The summed E-state index contributed by atoms with van der Waals surface area (Å²) in [6, 6.07) is 18.7. The summed E-state index contributed by atoms with van der Waals surface area (Å²) in [5.74, 6) is -0.428. The maximum atomic E-state index is 12.4. The monoisotopic (exact) mass is 447 g/mol. The molecular weight excluding hydrogens is 433 g/mol. The van der Waals surface area contributed by atoms with Gasteiger partial charge in [0.15, 0.2) is 0 Å². The molecule has 0 aliphatic carbocycles. The molecule has 0 atom stereocenters. The highest BCUT2D eigenvalue weighted by Crippen LogP contribution is 2.18. The molecule has 0 bridgehead atoms. The minimum atomic E-state index is -3.75. The minimum absolute atomic E-state index is 0.0836. The number of anilines is 1. The highest BCUT2D eigenvalue weighted by Gasteiger charge is 2.14. The number of nitrogens with one attached hydrogen (secondary N) is 2. The molecule has 148 valence electrons. The van der Waals surface area contributed by atoms with Crippen LogP contribution in [0.1, 0.15) is 15.9 Å². The van der Waals surface area contributed by atoms with Crippen LogP contribution in [0.2, 0.25) is 10.0 Å². The largest absolute Gasteiger partial charge is 0.280 e. The third-order valence-corrected chi connectivity index (χ3v) is 5.67. The first kappa shape index (κ1) is 20.9. The van der Waals surface area contributed by atoms with Crippen molar-refractivity contribution in [3.05, 3.63) is 94.0 Å². The fraction of sp³-hybridized carbons (Fsp3) is 0. The van der Waals surface area contributed by atoms with Crippen molar-refractivity contribution in [2.24, 2.45) is 5.10 Å². The van der Waals surface area contributed by atoms with Crippen LogP contribution in [0.15, 0.2) is 82.8 Å². The Morgan fingerprint density at radius 3 is 1.97 bits per heavy atom. The lowest BCUT2D eigenvalue weighted by Gasteiger charge is -2.08. The molecule has 0 aromatic heterocycles. The number of rotatable bonds is 6. The third-order valence-electron chi connectivity index (χ3n) is 3.77. The van der Waals surface area contributed by atoms with Gasteiger partial charge in [-0.1, -0.05) is 35.3 Å². The fourth-order valence-corrected chi connectivity index (χ4v) is 3.61. The standard InChI is InChI=1S/C20H15Cl2N3O3S/c21-16-5-1-14(2-6-16)13-23-24-20(26)15-3-9-18(10-4-15)25-29(27,28)19-11-7-17(22)8-12-19/h1-13,25H,(H,24,26)/b23-13-. The molecule has 6 nitrogen and oxygen atoms in total. The van der Waals surface area contributed by atoms with Gasteiger partial charge in [0.05, 0.1) is 11.1 Å². The number of nitrogens with zero attached hydrogens (tertiary/aromatic N) is 1. The molecule has 1 amide bonds. The van der Waals surface area contributed by atoms with Crippen LogP contribution in [0.3, 0.4) is 0 Å². The average Bonchev–Trinajstić information content (AvgIpc) is 2.70. The van der Waals surface area contributed by atoms with E-state index in [1.165, 1.54) is 54.7 Å². The Balaban J connectivity index is 1.62. The summed E-state index contributed by atoms with van der Waals surface area (Å²) in [6.45, 7) is 0. The SMILES string of the molecule is O=C(N/N=C\c1ccc(Cl)cc1)c1ccc(NS(=O)(=O)c2ccc(Cl)cc2)cc1. The van der Waals surface area contributed by atoms with Crippen LogP contribution in [0.4, 0.5) is 5.69 Å². The van der Waals surface area contributed by atoms with Crippen molar-refractivity contribution in [3.8, 4) is 0 Å². The molecule has 0 radical (unpaired) electrons. The Morgan fingerprint density at radius 2 is 1.38 bits per heavy atom. The van der Waals surface area contributed by atoms with Gasteiger partial charge >= 0.3 is 0 Å². The average molecular weight is 448 g/mol. The summed E-state index contributed by atoms with van der Waals surface area (Å²) in [4.78, 5) is 12.2. The summed E-state index contributed by atoms with van der Waals surface area (Å²) < 4.78 is 27.2. The Labute approximate surface area is 178 Å². The summed E-state index contributed by atoms with van der Waals surface area (Å²) in [5, 5.41) is 4.94. The molecule has 0 heterocycles. The smallest absolute Gasteiger partial charge is 0.271 e. The zero-order valence-electron chi connectivity index (χ0n) is 14.8. The number of hydrogen-bond acceptors (Lipinski definition) is 4. The number of carbonyl (C=O) groups is 1. The van der Waals surface area contributed by atoms with Gasteiger partial charge in [-0.15, -0.1) is 0 Å². The molecule has 9 heteroatoms. The van der Waals surface area contributed by atoms with E-state index in [1.54, 1.807) is 24.3 Å². The van der Waals surface area contributed by atoms with E-state index in [4.69, 9.17) is 23.2 Å². The lowest BCUT2D eigenvalue weighted by atomic mass is 10.2. The lowest BCUT2D eigenvalue weighted by Crippen LogP contribution is -2.18. The topological polar surface area (TPSA) is 87.6 Å². The van der Waals surface area contributed by atoms with E-state index in [2.05, 4.69) is 15.2 Å². The molecule has 0 saturated heterocycles. The van der Waals surface area contributed by atoms with E-state index >= 15 is 0 Å². The van der Waals surface area contributed by atoms with Crippen molar-refractivity contribution in [1.29, 1.82) is 0 Å². The van der Waals surface area contributed by atoms with Crippen molar-refractivity contribution in [2.45, 2.75) is 4.90 Å². The van der Waals surface area contributed by atoms with Crippen molar-refractivity contribution < 1.29 is 13.2 Å². The summed E-state index contributed by atoms with van der Waals surface area (Å²) in [5.41, 5.74) is 3.83. The molecule has 0 aliphatic rings. The van der Waals surface area contributed by atoms with Crippen molar-refractivity contribution in [2.75, 3.05) is 4.72 Å². The van der Waals surface area contributed by atoms with Crippen LogP contribution in [0.25, 0.3) is 0 Å². The zero-order valence-corrected chi connectivity index (χ0v) is 17.2. The fourth-order valence-electron chi connectivity index (χ4n) is 2.30. The van der Waals surface area contributed by atoms with Crippen LogP contribution in [-0.2, 0) is 10.0 Å². The molecule has 0 unspecified atom stereocenters. The van der Waals surface area contributed by atoms with E-state index in [-0.39, 0.29) is 4.90 Å². The van der Waals surface area contributed by atoms with Crippen molar-refractivity contribution in [1.82, 2.24) is 5.43 Å². The van der Waals surface area contributed by atoms with E-state index in [1.807, 2.05) is 0 Å². The molecule has 0 saturated carbocycles. The van der Waals surface area contributed by atoms with Gasteiger partial charge in [-0.05, 0) is 66.2 Å². The van der Waals surface area contributed by atoms with Gasteiger partial charge in [0.2, 0.25) is 0 Å². The highest BCUT2D eigenvalue weighted by atomic mass is 35.5. The number of benzene rings is 3. The van der Waals surface area contributed by atoms with Gasteiger partial charge < -0.3 is 0 Å². The van der Waals surface area contributed by atoms with Gasteiger partial charge in [0.1, 0.15) is 0 Å². The first-order chi connectivity index (χ1) is 13.8. The molecule has 3 rings (SSSR count). The van der Waals surface area contributed by atoms with Crippen LogP contribution < -0.4 is 10.1 Å². The molecule has 0 aliphatic heterocycles. The van der Waals surface area contributed by atoms with E-state index in [9.17, 15) is 13.2 Å². The predicted molar refractivity (Wildman–Crippen MR) is 115 cm³/mol. The maximum absolute atomic E-state index is 12.4. The Bertz CT molecular complexity index is 1130. The minimum Gasteiger partial charge on any atom is -0.280 e. The number of hydrazone groups is 1. The van der Waals surface area contributed by atoms with E-state index in [0.29, 0.717) is 21.3 Å².